The molecule has 1 heterocycles. The molecule has 11 heteroatoms. The molecule has 0 aliphatic rings. The smallest absolute Gasteiger partial charge is 0.416 e. The van der Waals surface area contributed by atoms with Gasteiger partial charge in [0.1, 0.15) is 5.76 Å². The molecule has 0 aliphatic heterocycles. The molecule has 0 spiro atoms. The minimum absolute atomic E-state index is 0.00894. The van der Waals surface area contributed by atoms with E-state index in [4.69, 9.17) is 4.42 Å². The summed E-state index contributed by atoms with van der Waals surface area (Å²) in [6.07, 6.45) is -3.02. The van der Waals surface area contributed by atoms with Crippen molar-refractivity contribution in [1.29, 1.82) is 0 Å². The highest BCUT2D eigenvalue weighted by molar-refractivity contribution is 6.05. The van der Waals surface area contributed by atoms with Gasteiger partial charge in [-0.1, -0.05) is 18.2 Å². The van der Waals surface area contributed by atoms with Crippen molar-refractivity contribution >= 4 is 34.8 Å². The average molecular weight is 537 g/mol. The van der Waals surface area contributed by atoms with E-state index in [0.717, 1.165) is 12.1 Å². The lowest BCUT2D eigenvalue weighted by atomic mass is 10.1. The summed E-state index contributed by atoms with van der Waals surface area (Å²) in [6.45, 7) is 0.112. The minimum atomic E-state index is -4.53. The van der Waals surface area contributed by atoms with Gasteiger partial charge in [-0.3, -0.25) is 14.4 Å². The third-order valence-corrected chi connectivity index (χ3v) is 5.44. The first-order chi connectivity index (χ1) is 18.7. The fourth-order valence-electron chi connectivity index (χ4n) is 3.56. The second-order valence-corrected chi connectivity index (χ2v) is 8.36. The van der Waals surface area contributed by atoms with E-state index < -0.39 is 23.6 Å². The first-order valence-electron chi connectivity index (χ1n) is 11.7. The van der Waals surface area contributed by atoms with Crippen molar-refractivity contribution in [3.8, 4) is 0 Å². The van der Waals surface area contributed by atoms with E-state index in [2.05, 4.69) is 21.3 Å². The molecular weight excluding hydrogens is 513 g/mol. The third kappa shape index (κ3) is 7.71. The molecule has 0 radical (unpaired) electrons. The van der Waals surface area contributed by atoms with E-state index >= 15 is 0 Å². The van der Waals surface area contributed by atoms with Crippen molar-refractivity contribution in [3.63, 3.8) is 0 Å². The first-order valence-corrected chi connectivity index (χ1v) is 11.7. The predicted molar refractivity (Wildman–Crippen MR) is 139 cm³/mol. The zero-order valence-corrected chi connectivity index (χ0v) is 20.3. The van der Waals surface area contributed by atoms with Crippen LogP contribution in [-0.4, -0.2) is 24.3 Å². The number of amides is 3. The van der Waals surface area contributed by atoms with Crippen molar-refractivity contribution in [3.05, 3.63) is 114 Å². The second-order valence-electron chi connectivity index (χ2n) is 8.36. The number of rotatable bonds is 9. The number of carbonyl (C=O) groups excluding carboxylic acids is 3. The summed E-state index contributed by atoms with van der Waals surface area (Å²) in [5.74, 6) is -0.741. The Labute approximate surface area is 221 Å². The van der Waals surface area contributed by atoms with E-state index in [1.807, 2.05) is 0 Å². The highest BCUT2D eigenvalue weighted by Gasteiger charge is 2.30. The summed E-state index contributed by atoms with van der Waals surface area (Å²) >= 11 is 0. The van der Waals surface area contributed by atoms with E-state index in [1.165, 1.54) is 36.6 Å². The summed E-state index contributed by atoms with van der Waals surface area (Å²) in [7, 11) is 0. The Kier molecular flexibility index (Phi) is 8.30. The largest absolute Gasteiger partial charge is 0.467 e. The first kappa shape index (κ1) is 27.0. The van der Waals surface area contributed by atoms with Crippen LogP contribution in [0, 0.1) is 0 Å². The molecule has 0 atom stereocenters. The van der Waals surface area contributed by atoms with Crippen LogP contribution in [0.5, 0.6) is 0 Å². The van der Waals surface area contributed by atoms with E-state index in [0.29, 0.717) is 22.7 Å². The Morgan fingerprint density at radius 1 is 0.718 bits per heavy atom. The number of carbonyl (C=O) groups is 3. The second kappa shape index (κ2) is 12.0. The SMILES string of the molecule is O=C(CNc1cccc(C(=O)NCc2ccco2)c1)Nc1cccc(C(=O)Nc2cccc(C(F)(F)F)c2)c1. The molecule has 200 valence electrons. The van der Waals surface area contributed by atoms with Crippen LogP contribution in [0.2, 0.25) is 0 Å². The molecule has 0 saturated heterocycles. The van der Waals surface area contributed by atoms with Gasteiger partial charge < -0.3 is 25.7 Å². The lowest BCUT2D eigenvalue weighted by molar-refractivity contribution is -0.137. The summed E-state index contributed by atoms with van der Waals surface area (Å²) in [5.41, 5.74) is 0.520. The Balaban J connectivity index is 1.30. The Morgan fingerprint density at radius 3 is 2.05 bits per heavy atom. The average Bonchev–Trinajstić information content (AvgIpc) is 3.44. The standard InChI is InChI=1S/C28H23F3N4O4/c29-28(30,31)20-7-3-10-23(15-20)35-27(38)19-6-2-9-22(14-19)34-25(36)17-32-21-8-1-5-18(13-21)26(37)33-16-24-11-4-12-39-24/h1-15,32H,16-17H2,(H,33,37)(H,34,36)(H,35,38). The summed E-state index contributed by atoms with van der Waals surface area (Å²) in [4.78, 5) is 37.4. The molecule has 4 rings (SSSR count). The van der Waals surface area contributed by atoms with Gasteiger partial charge in [-0.05, 0) is 66.7 Å². The van der Waals surface area contributed by atoms with Crippen LogP contribution in [0.4, 0.5) is 30.2 Å². The van der Waals surface area contributed by atoms with E-state index in [1.54, 1.807) is 42.5 Å². The van der Waals surface area contributed by atoms with Crippen LogP contribution >= 0.6 is 0 Å². The number of anilines is 3. The molecule has 8 nitrogen and oxygen atoms in total. The highest BCUT2D eigenvalue weighted by atomic mass is 19.4. The zero-order valence-electron chi connectivity index (χ0n) is 20.3. The van der Waals surface area contributed by atoms with Gasteiger partial charge in [0.2, 0.25) is 5.91 Å². The molecule has 0 bridgehead atoms. The van der Waals surface area contributed by atoms with Crippen molar-refractivity contribution in [2.75, 3.05) is 22.5 Å². The lowest BCUT2D eigenvalue weighted by Gasteiger charge is -2.11. The summed E-state index contributed by atoms with van der Waals surface area (Å²) in [5, 5.41) is 10.8. The molecule has 4 aromatic rings. The molecule has 1 aromatic heterocycles. The molecule has 0 aliphatic carbocycles. The molecule has 3 aromatic carbocycles. The fourth-order valence-corrected chi connectivity index (χ4v) is 3.56. The van der Waals surface area contributed by atoms with Crippen molar-refractivity contribution in [1.82, 2.24) is 5.32 Å². The van der Waals surface area contributed by atoms with Crippen LogP contribution in [0.1, 0.15) is 32.0 Å². The molecular formula is C28H23F3N4O4. The monoisotopic (exact) mass is 536 g/mol. The van der Waals surface area contributed by atoms with Crippen LogP contribution in [0.15, 0.2) is 95.6 Å². The van der Waals surface area contributed by atoms with Crippen LogP contribution in [0.3, 0.4) is 0 Å². The van der Waals surface area contributed by atoms with E-state index in [9.17, 15) is 27.6 Å². The highest BCUT2D eigenvalue weighted by Crippen LogP contribution is 2.30. The van der Waals surface area contributed by atoms with Crippen molar-refractivity contribution in [2.45, 2.75) is 12.7 Å². The topological polar surface area (TPSA) is 112 Å². The number of hydrogen-bond donors (Lipinski definition) is 4. The van der Waals surface area contributed by atoms with Gasteiger partial charge in [-0.2, -0.15) is 13.2 Å². The fraction of sp³-hybridized carbons (Fsp3) is 0.107. The molecule has 0 saturated carbocycles. The normalized spacial score (nSPS) is 10.9. The van der Waals surface area contributed by atoms with Crippen LogP contribution in [0.25, 0.3) is 0 Å². The number of furan rings is 1. The van der Waals surface area contributed by atoms with Gasteiger partial charge in [-0.15, -0.1) is 0 Å². The number of hydrogen-bond acceptors (Lipinski definition) is 5. The lowest BCUT2D eigenvalue weighted by Crippen LogP contribution is -2.24. The van der Waals surface area contributed by atoms with Crippen molar-refractivity contribution < 1.29 is 32.0 Å². The molecule has 3 amide bonds. The summed E-state index contributed by atoms with van der Waals surface area (Å²) in [6, 6.07) is 20.4. The minimum Gasteiger partial charge on any atom is -0.467 e. The number of nitrogens with one attached hydrogen (secondary N) is 4. The Morgan fingerprint density at radius 2 is 1.36 bits per heavy atom. The van der Waals surface area contributed by atoms with Crippen LogP contribution in [-0.2, 0) is 17.5 Å². The van der Waals surface area contributed by atoms with Crippen LogP contribution < -0.4 is 21.3 Å². The van der Waals surface area contributed by atoms with Gasteiger partial charge in [0, 0.05) is 28.2 Å². The Bertz CT molecular complexity index is 1470. The van der Waals surface area contributed by atoms with Crippen molar-refractivity contribution in [2.24, 2.45) is 0 Å². The maximum atomic E-state index is 12.9. The summed E-state index contributed by atoms with van der Waals surface area (Å²) < 4.78 is 44.0. The number of benzene rings is 3. The molecule has 0 unspecified atom stereocenters. The number of alkyl halides is 3. The van der Waals surface area contributed by atoms with Gasteiger partial charge >= 0.3 is 6.18 Å². The molecule has 4 N–H and O–H groups in total. The molecule has 0 fully saturated rings. The third-order valence-electron chi connectivity index (χ3n) is 5.44. The van der Waals surface area contributed by atoms with E-state index in [-0.39, 0.29) is 30.2 Å². The predicted octanol–water partition coefficient (Wildman–Crippen LogP) is 5.53. The maximum absolute atomic E-state index is 12.9. The van der Waals surface area contributed by atoms with Gasteiger partial charge in [0.25, 0.3) is 11.8 Å². The maximum Gasteiger partial charge on any atom is 0.416 e. The van der Waals surface area contributed by atoms with Gasteiger partial charge in [-0.25, -0.2) is 0 Å². The number of halogens is 3. The molecule has 39 heavy (non-hydrogen) atoms. The quantitative estimate of drug-likeness (QED) is 0.225. The Hall–Kier alpha value is -5.06. The van der Waals surface area contributed by atoms with Gasteiger partial charge in [0.05, 0.1) is 24.9 Å². The van der Waals surface area contributed by atoms with Gasteiger partial charge in [0.15, 0.2) is 0 Å². The zero-order chi connectivity index (χ0) is 27.8.